The summed E-state index contributed by atoms with van der Waals surface area (Å²) in [7, 11) is 1.62. The highest BCUT2D eigenvalue weighted by Crippen LogP contribution is 2.09. The molecule has 0 aliphatic rings. The maximum absolute atomic E-state index is 5.75. The van der Waals surface area contributed by atoms with E-state index >= 15 is 0 Å². The fraction of sp³-hybridized carbons (Fsp3) is 0.375. The summed E-state index contributed by atoms with van der Waals surface area (Å²) in [5.74, 6) is 0.503. The van der Waals surface area contributed by atoms with Gasteiger partial charge in [-0.3, -0.25) is 0 Å². The Morgan fingerprint density at radius 1 is 1.58 bits per heavy atom. The van der Waals surface area contributed by atoms with Gasteiger partial charge in [-0.25, -0.2) is 4.98 Å². The second-order valence-corrected chi connectivity index (χ2v) is 2.58. The average Bonchev–Trinajstić information content (AvgIpc) is 2.06. The minimum atomic E-state index is -0.122. The number of rotatable bonds is 3. The molecule has 4 nitrogen and oxygen atoms in total. The molecule has 0 fully saturated rings. The van der Waals surface area contributed by atoms with Gasteiger partial charge in [0, 0.05) is 13.3 Å². The molecule has 0 aliphatic carbocycles. The summed E-state index contributed by atoms with van der Waals surface area (Å²) in [4.78, 5) is 3.92. The molecular weight excluding hydrogens is 154 g/mol. The van der Waals surface area contributed by atoms with Crippen LogP contribution < -0.4 is 11.5 Å². The van der Waals surface area contributed by atoms with Crippen LogP contribution >= 0.6 is 0 Å². The lowest BCUT2D eigenvalue weighted by atomic mass is 10.1. The van der Waals surface area contributed by atoms with Gasteiger partial charge in [-0.05, 0) is 11.6 Å². The molecule has 0 aromatic carbocycles. The first-order valence-electron chi connectivity index (χ1n) is 3.70. The number of anilines is 1. The molecule has 0 aliphatic heterocycles. The molecule has 12 heavy (non-hydrogen) atoms. The predicted molar refractivity (Wildman–Crippen MR) is 47.5 cm³/mol. The van der Waals surface area contributed by atoms with E-state index in [4.69, 9.17) is 16.2 Å². The van der Waals surface area contributed by atoms with E-state index in [9.17, 15) is 0 Å². The third-order valence-electron chi connectivity index (χ3n) is 1.58. The van der Waals surface area contributed by atoms with Crippen LogP contribution in [0.5, 0.6) is 0 Å². The maximum atomic E-state index is 5.75. The molecule has 1 heterocycles. The van der Waals surface area contributed by atoms with Crippen molar-refractivity contribution in [3.05, 3.63) is 23.9 Å². The molecule has 1 aromatic rings. The fourth-order valence-corrected chi connectivity index (χ4v) is 0.912. The summed E-state index contributed by atoms with van der Waals surface area (Å²) in [6.45, 7) is 0.492. The molecule has 0 bridgehead atoms. The minimum Gasteiger partial charge on any atom is -0.384 e. The first-order chi connectivity index (χ1) is 5.74. The van der Waals surface area contributed by atoms with Crippen LogP contribution in [0.3, 0.4) is 0 Å². The lowest BCUT2D eigenvalue weighted by Gasteiger charge is -2.09. The first-order valence-corrected chi connectivity index (χ1v) is 3.70. The summed E-state index contributed by atoms with van der Waals surface area (Å²) in [6.07, 6.45) is 1.67. The molecule has 0 radical (unpaired) electrons. The van der Waals surface area contributed by atoms with Gasteiger partial charge < -0.3 is 16.2 Å². The Morgan fingerprint density at radius 2 is 2.33 bits per heavy atom. The molecular formula is C8H13N3O. The van der Waals surface area contributed by atoms with Crippen LogP contribution in [-0.2, 0) is 4.74 Å². The van der Waals surface area contributed by atoms with Crippen LogP contribution in [-0.4, -0.2) is 18.7 Å². The van der Waals surface area contributed by atoms with Crippen LogP contribution in [0.15, 0.2) is 18.3 Å². The Kier molecular flexibility index (Phi) is 3.01. The highest BCUT2D eigenvalue weighted by Gasteiger charge is 2.04. The summed E-state index contributed by atoms with van der Waals surface area (Å²) < 4.78 is 4.90. The predicted octanol–water partition coefficient (Wildman–Crippen LogP) is 0.310. The Morgan fingerprint density at radius 3 is 2.83 bits per heavy atom. The van der Waals surface area contributed by atoms with Gasteiger partial charge in [0.2, 0.25) is 0 Å². The number of methoxy groups -OCH3 is 1. The SMILES string of the molecule is COCC(N)c1ccc(N)nc1. The molecule has 1 unspecified atom stereocenters. The van der Waals surface area contributed by atoms with Crippen molar-refractivity contribution in [1.82, 2.24) is 4.98 Å². The molecule has 4 N–H and O–H groups in total. The van der Waals surface area contributed by atoms with Crippen LogP contribution in [0.2, 0.25) is 0 Å². The highest BCUT2D eigenvalue weighted by atomic mass is 16.5. The number of hydrogen-bond acceptors (Lipinski definition) is 4. The number of nitrogen functional groups attached to an aromatic ring is 1. The van der Waals surface area contributed by atoms with E-state index < -0.39 is 0 Å². The largest absolute Gasteiger partial charge is 0.384 e. The van der Waals surface area contributed by atoms with Crippen LogP contribution in [0, 0.1) is 0 Å². The molecule has 0 saturated carbocycles. The van der Waals surface area contributed by atoms with Gasteiger partial charge in [-0.2, -0.15) is 0 Å². The van der Waals surface area contributed by atoms with E-state index in [0.717, 1.165) is 5.56 Å². The normalized spacial score (nSPS) is 12.8. The van der Waals surface area contributed by atoms with Crippen molar-refractivity contribution in [3.8, 4) is 0 Å². The molecule has 1 aromatic heterocycles. The van der Waals surface area contributed by atoms with Gasteiger partial charge in [0.1, 0.15) is 5.82 Å². The molecule has 4 heteroatoms. The Bertz CT molecular complexity index is 235. The number of aromatic nitrogens is 1. The topological polar surface area (TPSA) is 74.2 Å². The third kappa shape index (κ3) is 2.18. The van der Waals surface area contributed by atoms with E-state index in [2.05, 4.69) is 4.98 Å². The molecule has 0 saturated heterocycles. The third-order valence-corrected chi connectivity index (χ3v) is 1.58. The number of hydrogen-bond donors (Lipinski definition) is 2. The van der Waals surface area contributed by atoms with Gasteiger partial charge in [0.25, 0.3) is 0 Å². The van der Waals surface area contributed by atoms with E-state index in [0.29, 0.717) is 12.4 Å². The van der Waals surface area contributed by atoms with Crippen molar-refractivity contribution in [2.75, 3.05) is 19.5 Å². The summed E-state index contributed by atoms with van der Waals surface area (Å²) in [6, 6.07) is 3.46. The first kappa shape index (κ1) is 8.96. The summed E-state index contributed by atoms with van der Waals surface area (Å²) in [5.41, 5.74) is 12.1. The van der Waals surface area contributed by atoms with Gasteiger partial charge >= 0.3 is 0 Å². The standard InChI is InChI=1S/C8H13N3O/c1-12-5-7(9)6-2-3-8(10)11-4-6/h2-4,7H,5,9H2,1H3,(H2,10,11). The number of nitrogens with zero attached hydrogens (tertiary/aromatic N) is 1. The van der Waals surface area contributed by atoms with Crippen molar-refractivity contribution in [1.29, 1.82) is 0 Å². The van der Waals surface area contributed by atoms with Crippen LogP contribution in [0.4, 0.5) is 5.82 Å². The van der Waals surface area contributed by atoms with E-state index in [1.807, 2.05) is 6.07 Å². The average molecular weight is 167 g/mol. The van der Waals surface area contributed by atoms with Gasteiger partial charge in [-0.15, -0.1) is 0 Å². The van der Waals surface area contributed by atoms with Crippen LogP contribution in [0.1, 0.15) is 11.6 Å². The summed E-state index contributed by atoms with van der Waals surface area (Å²) >= 11 is 0. The quantitative estimate of drug-likeness (QED) is 0.679. The van der Waals surface area contributed by atoms with E-state index in [1.165, 1.54) is 0 Å². The fourth-order valence-electron chi connectivity index (χ4n) is 0.912. The van der Waals surface area contributed by atoms with E-state index in [-0.39, 0.29) is 6.04 Å². The van der Waals surface area contributed by atoms with Crippen molar-refractivity contribution < 1.29 is 4.74 Å². The van der Waals surface area contributed by atoms with E-state index in [1.54, 1.807) is 19.4 Å². The van der Waals surface area contributed by atoms with Crippen molar-refractivity contribution in [3.63, 3.8) is 0 Å². The monoisotopic (exact) mass is 167 g/mol. The highest BCUT2D eigenvalue weighted by molar-refractivity contribution is 5.30. The summed E-state index contributed by atoms with van der Waals surface area (Å²) in [5, 5.41) is 0. The zero-order valence-corrected chi connectivity index (χ0v) is 7.03. The second-order valence-electron chi connectivity index (χ2n) is 2.58. The van der Waals surface area contributed by atoms with Gasteiger partial charge in [0.05, 0.1) is 12.6 Å². The smallest absolute Gasteiger partial charge is 0.123 e. The lowest BCUT2D eigenvalue weighted by Crippen LogP contribution is -2.16. The molecule has 0 amide bonds. The minimum absolute atomic E-state index is 0.122. The van der Waals surface area contributed by atoms with Crippen molar-refractivity contribution in [2.45, 2.75) is 6.04 Å². The Balaban J connectivity index is 2.68. The molecule has 0 spiro atoms. The zero-order chi connectivity index (χ0) is 8.97. The van der Waals surface area contributed by atoms with Gasteiger partial charge in [-0.1, -0.05) is 6.07 Å². The Labute approximate surface area is 71.5 Å². The number of nitrogens with two attached hydrogens (primary N) is 2. The molecule has 1 atom stereocenters. The van der Waals surface area contributed by atoms with Crippen molar-refractivity contribution >= 4 is 5.82 Å². The number of pyridine rings is 1. The lowest BCUT2D eigenvalue weighted by molar-refractivity contribution is 0.181. The Hall–Kier alpha value is -1.13. The molecule has 66 valence electrons. The number of ether oxygens (including phenoxy) is 1. The maximum Gasteiger partial charge on any atom is 0.123 e. The van der Waals surface area contributed by atoms with Crippen LogP contribution in [0.25, 0.3) is 0 Å². The molecule has 1 rings (SSSR count). The zero-order valence-electron chi connectivity index (χ0n) is 7.03. The second kappa shape index (κ2) is 4.04. The van der Waals surface area contributed by atoms with Crippen molar-refractivity contribution in [2.24, 2.45) is 5.73 Å². The van der Waals surface area contributed by atoms with Gasteiger partial charge in [0.15, 0.2) is 0 Å².